The van der Waals surface area contributed by atoms with Crippen LogP contribution in [-0.4, -0.2) is 6.61 Å². The van der Waals surface area contributed by atoms with Crippen LogP contribution < -0.4 is 10.5 Å². The van der Waals surface area contributed by atoms with Gasteiger partial charge in [-0.1, -0.05) is 56.7 Å². The largest absolute Gasteiger partial charge is 0.493 e. The summed E-state index contributed by atoms with van der Waals surface area (Å²) in [7, 11) is 0. The average molecular weight is 263 g/mol. The van der Waals surface area contributed by atoms with E-state index in [2.05, 4.69) is 26.0 Å². The molecule has 19 heavy (non-hydrogen) atoms. The molecule has 0 spiro atoms. The Morgan fingerprint density at radius 3 is 2.47 bits per heavy atom. The van der Waals surface area contributed by atoms with Gasteiger partial charge in [0.1, 0.15) is 5.75 Å². The first-order valence-electron chi connectivity index (χ1n) is 7.64. The van der Waals surface area contributed by atoms with Crippen molar-refractivity contribution in [1.29, 1.82) is 0 Å². The van der Waals surface area contributed by atoms with Gasteiger partial charge in [-0.2, -0.15) is 0 Å². The highest BCUT2D eigenvalue weighted by Gasteiger charge is 2.08. The van der Waals surface area contributed by atoms with Crippen molar-refractivity contribution >= 4 is 0 Å². The first kappa shape index (κ1) is 16.0. The Bertz CT molecular complexity index is 360. The monoisotopic (exact) mass is 263 g/mol. The third-order valence-electron chi connectivity index (χ3n) is 3.41. The van der Waals surface area contributed by atoms with Gasteiger partial charge in [0.05, 0.1) is 6.61 Å². The third kappa shape index (κ3) is 6.11. The van der Waals surface area contributed by atoms with Crippen molar-refractivity contribution in [3.63, 3.8) is 0 Å². The van der Waals surface area contributed by atoms with E-state index in [4.69, 9.17) is 10.5 Å². The van der Waals surface area contributed by atoms with Crippen molar-refractivity contribution in [3.05, 3.63) is 29.3 Å². The van der Waals surface area contributed by atoms with Crippen molar-refractivity contribution in [2.24, 2.45) is 5.73 Å². The fraction of sp³-hybridized carbons (Fsp3) is 0.647. The van der Waals surface area contributed by atoms with Crippen LogP contribution in [0.4, 0.5) is 0 Å². The number of aryl methyl sites for hydroxylation is 1. The molecule has 0 saturated carbocycles. The maximum Gasteiger partial charge on any atom is 0.124 e. The second-order valence-electron chi connectivity index (χ2n) is 5.45. The number of ether oxygens (including phenoxy) is 1. The van der Waals surface area contributed by atoms with Crippen LogP contribution in [0.3, 0.4) is 0 Å². The zero-order chi connectivity index (χ0) is 14.1. The van der Waals surface area contributed by atoms with Crippen LogP contribution in [0.25, 0.3) is 0 Å². The number of hydrogen-bond acceptors (Lipinski definition) is 2. The van der Waals surface area contributed by atoms with Crippen LogP contribution in [-0.2, 0) is 0 Å². The number of benzene rings is 1. The van der Waals surface area contributed by atoms with Crippen molar-refractivity contribution in [3.8, 4) is 5.75 Å². The van der Waals surface area contributed by atoms with Gasteiger partial charge in [0.25, 0.3) is 0 Å². The van der Waals surface area contributed by atoms with E-state index in [1.54, 1.807) is 0 Å². The summed E-state index contributed by atoms with van der Waals surface area (Å²) < 4.78 is 5.88. The highest BCUT2D eigenvalue weighted by atomic mass is 16.5. The normalized spacial score (nSPS) is 12.4. The van der Waals surface area contributed by atoms with Crippen molar-refractivity contribution in [1.82, 2.24) is 0 Å². The van der Waals surface area contributed by atoms with E-state index < -0.39 is 0 Å². The molecule has 0 aliphatic heterocycles. The van der Waals surface area contributed by atoms with Crippen LogP contribution >= 0.6 is 0 Å². The third-order valence-corrected chi connectivity index (χ3v) is 3.41. The summed E-state index contributed by atoms with van der Waals surface area (Å²) in [6.45, 7) is 7.14. The Hall–Kier alpha value is -1.02. The summed E-state index contributed by atoms with van der Waals surface area (Å²) in [6.07, 6.45) is 7.73. The summed E-state index contributed by atoms with van der Waals surface area (Å²) in [5.41, 5.74) is 8.34. The molecule has 0 saturated heterocycles. The van der Waals surface area contributed by atoms with Crippen LogP contribution in [0.15, 0.2) is 18.2 Å². The molecule has 1 aromatic carbocycles. The van der Waals surface area contributed by atoms with Gasteiger partial charge in [-0.05, 0) is 26.3 Å². The van der Waals surface area contributed by atoms with Gasteiger partial charge in [0, 0.05) is 11.6 Å². The summed E-state index contributed by atoms with van der Waals surface area (Å²) >= 11 is 0. The minimum atomic E-state index is 0.0273. The maximum absolute atomic E-state index is 5.99. The van der Waals surface area contributed by atoms with Gasteiger partial charge in [0.15, 0.2) is 0 Å². The Morgan fingerprint density at radius 1 is 1.11 bits per heavy atom. The molecule has 108 valence electrons. The van der Waals surface area contributed by atoms with Gasteiger partial charge in [-0.25, -0.2) is 0 Å². The predicted molar refractivity (Wildman–Crippen MR) is 82.7 cm³/mol. The van der Waals surface area contributed by atoms with Gasteiger partial charge in [-0.15, -0.1) is 0 Å². The summed E-state index contributed by atoms with van der Waals surface area (Å²) in [5.74, 6) is 0.953. The molecular formula is C17H29NO. The van der Waals surface area contributed by atoms with Gasteiger partial charge in [-0.3, -0.25) is 0 Å². The highest BCUT2D eigenvalue weighted by molar-refractivity contribution is 5.38. The Morgan fingerprint density at radius 2 is 1.79 bits per heavy atom. The fourth-order valence-electron chi connectivity index (χ4n) is 2.22. The minimum absolute atomic E-state index is 0.0273. The van der Waals surface area contributed by atoms with Crippen LogP contribution in [0, 0.1) is 6.92 Å². The molecule has 0 fully saturated rings. The summed E-state index contributed by atoms with van der Waals surface area (Å²) in [4.78, 5) is 0. The van der Waals surface area contributed by atoms with E-state index in [1.807, 2.05) is 13.0 Å². The van der Waals surface area contributed by atoms with E-state index in [0.29, 0.717) is 0 Å². The van der Waals surface area contributed by atoms with E-state index >= 15 is 0 Å². The molecule has 0 aliphatic carbocycles. The lowest BCUT2D eigenvalue weighted by molar-refractivity contribution is 0.300. The van der Waals surface area contributed by atoms with E-state index in [1.165, 1.54) is 37.7 Å². The maximum atomic E-state index is 5.99. The van der Waals surface area contributed by atoms with Gasteiger partial charge >= 0.3 is 0 Å². The molecule has 0 aliphatic rings. The average Bonchev–Trinajstić information content (AvgIpc) is 2.39. The minimum Gasteiger partial charge on any atom is -0.493 e. The first-order chi connectivity index (χ1) is 9.15. The van der Waals surface area contributed by atoms with Gasteiger partial charge < -0.3 is 10.5 Å². The van der Waals surface area contributed by atoms with Crippen molar-refractivity contribution in [2.45, 2.75) is 65.3 Å². The molecule has 2 nitrogen and oxygen atoms in total. The molecule has 0 aromatic heterocycles. The molecule has 0 radical (unpaired) electrons. The summed E-state index contributed by atoms with van der Waals surface area (Å²) in [5, 5.41) is 0. The highest BCUT2D eigenvalue weighted by Crippen LogP contribution is 2.25. The molecule has 1 atom stereocenters. The molecule has 1 rings (SSSR count). The lowest BCUT2D eigenvalue weighted by atomic mass is 10.1. The Kier molecular flexibility index (Phi) is 7.57. The smallest absolute Gasteiger partial charge is 0.124 e. The fourth-order valence-corrected chi connectivity index (χ4v) is 2.22. The van der Waals surface area contributed by atoms with Crippen LogP contribution in [0.1, 0.15) is 69.5 Å². The Labute approximate surface area is 118 Å². The quantitative estimate of drug-likeness (QED) is 0.652. The van der Waals surface area contributed by atoms with E-state index in [0.717, 1.165) is 24.3 Å². The van der Waals surface area contributed by atoms with E-state index in [9.17, 15) is 0 Å². The first-order valence-corrected chi connectivity index (χ1v) is 7.64. The lowest BCUT2D eigenvalue weighted by Crippen LogP contribution is -2.09. The number of nitrogens with two attached hydrogens (primary N) is 1. The molecular weight excluding hydrogens is 234 g/mol. The molecule has 1 aromatic rings. The van der Waals surface area contributed by atoms with Crippen LogP contribution in [0.5, 0.6) is 5.75 Å². The molecule has 0 amide bonds. The number of hydrogen-bond donors (Lipinski definition) is 1. The van der Waals surface area contributed by atoms with Crippen LogP contribution in [0.2, 0.25) is 0 Å². The number of unbranched alkanes of at least 4 members (excludes halogenated alkanes) is 5. The summed E-state index contributed by atoms with van der Waals surface area (Å²) in [6, 6.07) is 6.29. The zero-order valence-electron chi connectivity index (χ0n) is 12.7. The molecule has 2 heteroatoms. The second-order valence-corrected chi connectivity index (χ2v) is 5.45. The van der Waals surface area contributed by atoms with Crippen molar-refractivity contribution < 1.29 is 4.74 Å². The SMILES string of the molecule is CCCCCCCCOc1ccc(C)cc1[C@H](C)N. The Balaban J connectivity index is 2.33. The molecule has 2 N–H and O–H groups in total. The number of rotatable bonds is 9. The van der Waals surface area contributed by atoms with Crippen molar-refractivity contribution in [2.75, 3.05) is 6.61 Å². The topological polar surface area (TPSA) is 35.2 Å². The zero-order valence-corrected chi connectivity index (χ0v) is 12.7. The van der Waals surface area contributed by atoms with Gasteiger partial charge in [0.2, 0.25) is 0 Å². The molecule has 0 heterocycles. The standard InChI is InChI=1S/C17H29NO/c1-4-5-6-7-8-9-12-19-17-11-10-14(2)13-16(17)15(3)18/h10-11,13,15H,4-9,12,18H2,1-3H3/t15-/m0/s1. The molecule has 0 bridgehead atoms. The van der Waals surface area contributed by atoms with E-state index in [-0.39, 0.29) is 6.04 Å². The lowest BCUT2D eigenvalue weighted by Gasteiger charge is -2.14. The second kappa shape index (κ2) is 8.98. The predicted octanol–water partition coefficient (Wildman–Crippen LogP) is 4.75. The molecule has 0 unspecified atom stereocenters.